The Morgan fingerprint density at radius 1 is 1.25 bits per heavy atom. The van der Waals surface area contributed by atoms with Gasteiger partial charge in [-0.05, 0) is 57.3 Å². The van der Waals surface area contributed by atoms with Gasteiger partial charge < -0.3 is 0 Å². The highest BCUT2D eigenvalue weighted by Gasteiger charge is 2.05. The molecule has 0 aliphatic heterocycles. The predicted molar refractivity (Wildman–Crippen MR) is 74.5 cm³/mol. The summed E-state index contributed by atoms with van der Waals surface area (Å²) >= 11 is 10.9. The number of hydrogen-bond acceptors (Lipinski definition) is 2. The van der Waals surface area contributed by atoms with Gasteiger partial charge in [0.15, 0.2) is 0 Å². The Kier molecular flexibility index (Phi) is 2.88. The minimum Gasteiger partial charge on any atom is -0.143 e. The van der Waals surface area contributed by atoms with Gasteiger partial charge in [0.2, 0.25) is 0 Å². The minimum absolute atomic E-state index is 1.09. The highest BCUT2D eigenvalue weighted by molar-refractivity contribution is 14.1. The molecule has 0 unspecified atom stereocenters. The number of rotatable bonds is 0. The largest absolute Gasteiger partial charge is 0.143 e. The maximum absolute atomic E-state index is 4.45. The van der Waals surface area contributed by atoms with Gasteiger partial charge in [-0.3, -0.25) is 0 Å². The fraction of sp³-hybridized carbons (Fsp3) is 0. The molecule has 4 heteroatoms. The van der Waals surface area contributed by atoms with Crippen LogP contribution < -0.4 is 0 Å². The van der Waals surface area contributed by atoms with Gasteiger partial charge >= 0.3 is 0 Å². The first-order chi connectivity index (χ1) is 5.68. The molecule has 1 heterocycles. The van der Waals surface area contributed by atoms with Crippen molar-refractivity contribution >= 4 is 79.2 Å². The summed E-state index contributed by atoms with van der Waals surface area (Å²) in [5.41, 5.74) is 0. The fourth-order valence-corrected chi connectivity index (χ4v) is 4.85. The highest BCUT2D eigenvalue weighted by Crippen LogP contribution is 2.33. The van der Waals surface area contributed by atoms with Crippen molar-refractivity contribution in [1.82, 2.24) is 0 Å². The summed E-state index contributed by atoms with van der Waals surface area (Å²) in [4.78, 5) is 1.09. The summed E-state index contributed by atoms with van der Waals surface area (Å²) in [6.07, 6.45) is 0. The molecule has 0 atom stereocenters. The van der Waals surface area contributed by atoms with E-state index in [1.807, 2.05) is 0 Å². The van der Waals surface area contributed by atoms with Crippen LogP contribution >= 0.6 is 69.1 Å². The van der Waals surface area contributed by atoms with Gasteiger partial charge in [0, 0.05) is 27.5 Å². The third kappa shape index (κ3) is 1.62. The van der Waals surface area contributed by atoms with Crippen LogP contribution in [0.5, 0.6) is 0 Å². The lowest BCUT2D eigenvalue weighted by Gasteiger charge is -1.97. The van der Waals surface area contributed by atoms with Crippen LogP contribution in [0.15, 0.2) is 22.4 Å². The average Bonchev–Trinajstić information content (AvgIpc) is 2.31. The summed E-state index contributed by atoms with van der Waals surface area (Å²) in [6, 6.07) is 4.29. The number of thiol groups is 1. The van der Waals surface area contributed by atoms with Crippen molar-refractivity contribution < 1.29 is 0 Å². The number of thiophene rings is 1. The first kappa shape index (κ1) is 9.54. The quantitative estimate of drug-likeness (QED) is 0.476. The Bertz CT molecular complexity index is 434. The summed E-state index contributed by atoms with van der Waals surface area (Å²) in [6.45, 7) is 0. The lowest BCUT2D eigenvalue weighted by atomic mass is 10.3. The number of halogens is 2. The van der Waals surface area contributed by atoms with Gasteiger partial charge in [-0.1, -0.05) is 0 Å². The van der Waals surface area contributed by atoms with Crippen molar-refractivity contribution in [3.05, 3.63) is 24.7 Å². The first-order valence-corrected chi connectivity index (χ1v) is 6.72. The van der Waals surface area contributed by atoms with Gasteiger partial charge in [-0.25, -0.2) is 0 Å². The molecule has 0 aliphatic carbocycles. The second-order valence-corrected chi connectivity index (χ2v) is 6.18. The lowest BCUT2D eigenvalue weighted by molar-refractivity contribution is 1.54. The van der Waals surface area contributed by atoms with Crippen LogP contribution in [0.2, 0.25) is 0 Å². The van der Waals surface area contributed by atoms with Crippen molar-refractivity contribution in [3.8, 4) is 0 Å². The molecule has 0 aliphatic rings. The molecule has 2 aromatic rings. The number of hydrogen-bond donors (Lipinski definition) is 1. The van der Waals surface area contributed by atoms with Crippen molar-refractivity contribution in [2.75, 3.05) is 0 Å². The second kappa shape index (κ2) is 3.62. The van der Waals surface area contributed by atoms with E-state index in [-0.39, 0.29) is 0 Å². The monoisotopic (exact) mass is 418 g/mol. The van der Waals surface area contributed by atoms with E-state index in [0.717, 1.165) is 4.90 Å². The first-order valence-electron chi connectivity index (χ1n) is 3.23. The van der Waals surface area contributed by atoms with Gasteiger partial charge in [0.25, 0.3) is 0 Å². The Hall–Kier alpha value is 0.990. The fourth-order valence-electron chi connectivity index (χ4n) is 1.08. The lowest BCUT2D eigenvalue weighted by Crippen LogP contribution is -1.74. The number of benzene rings is 1. The Morgan fingerprint density at radius 2 is 2.00 bits per heavy atom. The molecule has 0 radical (unpaired) electrons. The molecule has 0 N–H and O–H groups in total. The van der Waals surface area contributed by atoms with Crippen LogP contribution in [0.3, 0.4) is 0 Å². The van der Waals surface area contributed by atoms with Crippen LogP contribution in [-0.4, -0.2) is 0 Å². The van der Waals surface area contributed by atoms with Gasteiger partial charge in [-0.2, -0.15) is 0 Å². The normalized spacial score (nSPS) is 10.9. The average molecular weight is 418 g/mol. The van der Waals surface area contributed by atoms with E-state index in [4.69, 9.17) is 0 Å². The van der Waals surface area contributed by atoms with Crippen LogP contribution in [-0.2, 0) is 0 Å². The Balaban J connectivity index is 2.93. The van der Waals surface area contributed by atoms with Gasteiger partial charge in [-0.15, -0.1) is 24.0 Å². The standard InChI is InChI=1S/C8H4I2S2/c9-4-1-6(11)8-5(10)3-12-7(8)2-4/h1-3,11H. The topological polar surface area (TPSA) is 0 Å². The van der Waals surface area contributed by atoms with E-state index in [1.54, 1.807) is 11.3 Å². The highest BCUT2D eigenvalue weighted by atomic mass is 127. The molecule has 0 spiro atoms. The molecule has 0 fully saturated rings. The Labute approximate surface area is 107 Å². The predicted octanol–water partition coefficient (Wildman–Crippen LogP) is 4.40. The van der Waals surface area contributed by atoms with Crippen LogP contribution in [0, 0.1) is 7.14 Å². The van der Waals surface area contributed by atoms with Gasteiger partial charge in [0.05, 0.1) is 0 Å². The summed E-state index contributed by atoms with van der Waals surface area (Å²) < 4.78 is 3.88. The van der Waals surface area contributed by atoms with E-state index in [0.29, 0.717) is 0 Å². The molecule has 0 saturated carbocycles. The third-order valence-electron chi connectivity index (χ3n) is 1.57. The van der Waals surface area contributed by atoms with E-state index in [1.165, 1.54) is 17.2 Å². The SMILES string of the molecule is Sc1cc(I)cc2scc(I)c12. The molecule has 0 amide bonds. The van der Waals surface area contributed by atoms with E-state index < -0.39 is 0 Å². The third-order valence-corrected chi connectivity index (χ3v) is 4.75. The molecule has 0 bridgehead atoms. The Morgan fingerprint density at radius 3 is 2.75 bits per heavy atom. The summed E-state index contributed by atoms with van der Waals surface area (Å²) in [7, 11) is 0. The number of fused-ring (bicyclic) bond motifs is 1. The molecular formula is C8H4I2S2. The molecule has 62 valence electrons. The maximum Gasteiger partial charge on any atom is 0.0375 e. The molecule has 1 aromatic heterocycles. The van der Waals surface area contributed by atoms with Crippen molar-refractivity contribution in [2.45, 2.75) is 4.90 Å². The summed E-state index contributed by atoms with van der Waals surface area (Å²) in [5, 5.41) is 3.46. The molecule has 0 saturated heterocycles. The van der Waals surface area contributed by atoms with Crippen molar-refractivity contribution in [2.24, 2.45) is 0 Å². The zero-order chi connectivity index (χ0) is 8.72. The van der Waals surface area contributed by atoms with Crippen LogP contribution in [0.1, 0.15) is 0 Å². The molecule has 1 aromatic carbocycles. The smallest absolute Gasteiger partial charge is 0.0375 e. The van der Waals surface area contributed by atoms with E-state index in [9.17, 15) is 0 Å². The zero-order valence-corrected chi connectivity index (χ0v) is 11.9. The maximum atomic E-state index is 4.45. The zero-order valence-electron chi connectivity index (χ0n) is 5.84. The molecule has 12 heavy (non-hydrogen) atoms. The van der Waals surface area contributed by atoms with Crippen LogP contribution in [0.4, 0.5) is 0 Å². The van der Waals surface area contributed by atoms with Crippen molar-refractivity contribution in [3.63, 3.8) is 0 Å². The van der Waals surface area contributed by atoms with Crippen LogP contribution in [0.25, 0.3) is 10.1 Å². The van der Waals surface area contributed by atoms with E-state index in [2.05, 4.69) is 75.3 Å². The second-order valence-electron chi connectivity index (χ2n) is 2.38. The van der Waals surface area contributed by atoms with E-state index >= 15 is 0 Å². The van der Waals surface area contributed by atoms with Gasteiger partial charge in [0.1, 0.15) is 0 Å². The molecular weight excluding hydrogens is 414 g/mol. The molecule has 2 rings (SSSR count). The summed E-state index contributed by atoms with van der Waals surface area (Å²) in [5.74, 6) is 0. The van der Waals surface area contributed by atoms with Crippen molar-refractivity contribution in [1.29, 1.82) is 0 Å². The minimum atomic E-state index is 1.09. The molecule has 0 nitrogen and oxygen atoms in total.